The molecule has 0 radical (unpaired) electrons. The summed E-state index contributed by atoms with van der Waals surface area (Å²) in [4.78, 5) is 72.0. The number of esters is 4. The van der Waals surface area contributed by atoms with Crippen molar-refractivity contribution in [2.45, 2.75) is 336 Å². The van der Waals surface area contributed by atoms with Crippen molar-refractivity contribution in [2.24, 2.45) is 11.8 Å². The molecular formula is C64H124O17P2. The second-order valence-electron chi connectivity index (χ2n) is 24.1. The third-order valence-electron chi connectivity index (χ3n) is 14.7. The maximum Gasteiger partial charge on any atom is 0.472 e. The van der Waals surface area contributed by atoms with Crippen molar-refractivity contribution in [3.63, 3.8) is 0 Å². The van der Waals surface area contributed by atoms with Gasteiger partial charge in [-0.05, 0) is 37.5 Å². The zero-order valence-corrected chi connectivity index (χ0v) is 55.3. The third-order valence-corrected chi connectivity index (χ3v) is 16.6. The molecule has 0 aliphatic rings. The Kier molecular flexibility index (Phi) is 55.2. The van der Waals surface area contributed by atoms with Gasteiger partial charge >= 0.3 is 39.5 Å². The van der Waals surface area contributed by atoms with Crippen molar-refractivity contribution in [2.75, 3.05) is 39.6 Å². The van der Waals surface area contributed by atoms with Crippen molar-refractivity contribution in [1.82, 2.24) is 0 Å². The quantitative estimate of drug-likeness (QED) is 0.0222. The van der Waals surface area contributed by atoms with E-state index in [0.29, 0.717) is 25.7 Å². The highest BCUT2D eigenvalue weighted by Gasteiger charge is 2.30. The zero-order valence-electron chi connectivity index (χ0n) is 53.5. The van der Waals surface area contributed by atoms with E-state index in [-0.39, 0.29) is 25.7 Å². The number of carbonyl (C=O) groups is 4. The predicted octanol–water partition coefficient (Wildman–Crippen LogP) is 17.7. The molecule has 0 aliphatic heterocycles. The number of unbranched alkanes of at least 4 members (excludes halogenated alkanes) is 33. The van der Waals surface area contributed by atoms with E-state index in [4.69, 9.17) is 37.0 Å². The highest BCUT2D eigenvalue weighted by Crippen LogP contribution is 2.45. The SMILES string of the molecule is CCCCCCCCCCCCCC(=O)O[C@H](COC(=O)CCCCCCC)COP(=O)(O)OC[C@H](O)COP(=O)(O)OC[C@@H](COC(=O)CCCCCCCCCCCC(C)C)OC(=O)CCCCCCCCCCCCCCC(C)C. The van der Waals surface area contributed by atoms with E-state index in [2.05, 4.69) is 41.5 Å². The molecule has 5 atom stereocenters. The molecule has 0 saturated heterocycles. The number of aliphatic hydroxyl groups is 1. The first kappa shape index (κ1) is 81.1. The summed E-state index contributed by atoms with van der Waals surface area (Å²) in [6.45, 7) is 9.40. The van der Waals surface area contributed by atoms with Gasteiger partial charge in [-0.1, -0.05) is 266 Å². The number of aliphatic hydroxyl groups excluding tert-OH is 1. The maximum absolute atomic E-state index is 13.0. The monoisotopic (exact) mass is 1230 g/mol. The predicted molar refractivity (Wildman–Crippen MR) is 331 cm³/mol. The Bertz CT molecular complexity index is 1630. The molecule has 0 saturated carbocycles. The van der Waals surface area contributed by atoms with E-state index in [1.54, 1.807) is 0 Å². The van der Waals surface area contributed by atoms with E-state index in [0.717, 1.165) is 108 Å². The van der Waals surface area contributed by atoms with E-state index < -0.39 is 97.5 Å². The Hall–Kier alpha value is -1.94. The summed E-state index contributed by atoms with van der Waals surface area (Å²) in [5.74, 6) is -0.623. The summed E-state index contributed by atoms with van der Waals surface area (Å²) in [6.07, 6.45) is 39.2. The van der Waals surface area contributed by atoms with Crippen molar-refractivity contribution in [3.05, 3.63) is 0 Å². The van der Waals surface area contributed by atoms with Crippen molar-refractivity contribution in [1.29, 1.82) is 0 Å². The summed E-state index contributed by atoms with van der Waals surface area (Å²) in [5.41, 5.74) is 0. The van der Waals surface area contributed by atoms with Gasteiger partial charge in [0.1, 0.15) is 19.3 Å². The van der Waals surface area contributed by atoms with Crippen LogP contribution in [-0.2, 0) is 65.4 Å². The minimum absolute atomic E-state index is 0.106. The molecule has 83 heavy (non-hydrogen) atoms. The average molecular weight is 1230 g/mol. The van der Waals surface area contributed by atoms with Crippen LogP contribution in [0.5, 0.6) is 0 Å². The average Bonchev–Trinajstić information content (AvgIpc) is 3.44. The molecule has 17 nitrogen and oxygen atoms in total. The molecule has 0 fully saturated rings. The Balaban J connectivity index is 5.18. The first-order valence-electron chi connectivity index (χ1n) is 33.5. The van der Waals surface area contributed by atoms with Crippen molar-refractivity contribution >= 4 is 39.5 Å². The smallest absolute Gasteiger partial charge is 0.462 e. The molecule has 0 spiro atoms. The van der Waals surface area contributed by atoms with Gasteiger partial charge < -0.3 is 33.8 Å². The minimum atomic E-state index is -4.94. The lowest BCUT2D eigenvalue weighted by molar-refractivity contribution is -0.161. The molecule has 492 valence electrons. The van der Waals surface area contributed by atoms with E-state index in [1.807, 2.05) is 0 Å². The van der Waals surface area contributed by atoms with E-state index in [9.17, 15) is 43.2 Å². The summed E-state index contributed by atoms with van der Waals surface area (Å²) in [5, 5.41) is 10.5. The lowest BCUT2D eigenvalue weighted by Crippen LogP contribution is -2.30. The maximum atomic E-state index is 13.0. The highest BCUT2D eigenvalue weighted by molar-refractivity contribution is 7.47. The number of phosphoric ester groups is 2. The third kappa shape index (κ3) is 58.8. The van der Waals surface area contributed by atoms with E-state index >= 15 is 0 Å². The van der Waals surface area contributed by atoms with Gasteiger partial charge in [0.25, 0.3) is 0 Å². The van der Waals surface area contributed by atoms with Crippen LogP contribution < -0.4 is 0 Å². The first-order chi connectivity index (χ1) is 39.9. The van der Waals surface area contributed by atoms with Crippen LogP contribution in [0.3, 0.4) is 0 Å². The van der Waals surface area contributed by atoms with Crippen LogP contribution in [0.1, 0.15) is 318 Å². The lowest BCUT2D eigenvalue weighted by atomic mass is 10.0. The van der Waals surface area contributed by atoms with Gasteiger partial charge in [-0.25, -0.2) is 9.13 Å². The van der Waals surface area contributed by atoms with Crippen LogP contribution in [-0.4, -0.2) is 96.7 Å². The number of phosphoric acid groups is 2. The minimum Gasteiger partial charge on any atom is -0.462 e. The van der Waals surface area contributed by atoms with Gasteiger partial charge in [0.2, 0.25) is 0 Å². The number of ether oxygens (including phenoxy) is 4. The molecule has 0 bridgehead atoms. The van der Waals surface area contributed by atoms with Crippen molar-refractivity contribution < 1.29 is 80.2 Å². The molecule has 19 heteroatoms. The largest absolute Gasteiger partial charge is 0.472 e. The fourth-order valence-corrected chi connectivity index (χ4v) is 11.1. The van der Waals surface area contributed by atoms with Crippen LogP contribution in [0, 0.1) is 11.8 Å². The van der Waals surface area contributed by atoms with Gasteiger partial charge in [0, 0.05) is 25.7 Å². The Morgan fingerprint density at radius 3 is 0.819 bits per heavy atom. The molecule has 0 aromatic carbocycles. The summed E-state index contributed by atoms with van der Waals surface area (Å²) in [6, 6.07) is 0. The molecule has 2 unspecified atom stereocenters. The van der Waals surface area contributed by atoms with Crippen LogP contribution in [0.25, 0.3) is 0 Å². The van der Waals surface area contributed by atoms with Crippen LogP contribution in [0.15, 0.2) is 0 Å². The van der Waals surface area contributed by atoms with Gasteiger partial charge in [-0.2, -0.15) is 0 Å². The molecule has 0 heterocycles. The second-order valence-corrected chi connectivity index (χ2v) is 27.0. The summed E-state index contributed by atoms with van der Waals surface area (Å²) >= 11 is 0. The van der Waals surface area contributed by atoms with Gasteiger partial charge in [0.05, 0.1) is 26.4 Å². The Morgan fingerprint density at radius 2 is 0.554 bits per heavy atom. The molecule has 0 rings (SSSR count). The summed E-state index contributed by atoms with van der Waals surface area (Å²) in [7, 11) is -9.88. The molecular weight excluding hydrogens is 1100 g/mol. The van der Waals surface area contributed by atoms with Gasteiger partial charge in [-0.3, -0.25) is 37.3 Å². The fourth-order valence-electron chi connectivity index (χ4n) is 9.53. The van der Waals surface area contributed by atoms with Gasteiger partial charge in [0.15, 0.2) is 12.2 Å². The fraction of sp³-hybridized carbons (Fsp3) is 0.938. The normalized spacial score (nSPS) is 14.3. The van der Waals surface area contributed by atoms with Gasteiger partial charge in [-0.15, -0.1) is 0 Å². The lowest BCUT2D eigenvalue weighted by Gasteiger charge is -2.21. The molecule has 0 aromatic heterocycles. The number of hydrogen-bond donors (Lipinski definition) is 3. The molecule has 0 aromatic rings. The van der Waals surface area contributed by atoms with Crippen LogP contribution in [0.4, 0.5) is 0 Å². The molecule has 0 amide bonds. The summed E-state index contributed by atoms with van der Waals surface area (Å²) < 4.78 is 67.8. The Labute approximate surface area is 505 Å². The molecule has 0 aliphatic carbocycles. The first-order valence-corrected chi connectivity index (χ1v) is 36.5. The number of carbonyl (C=O) groups excluding carboxylic acids is 4. The Morgan fingerprint density at radius 1 is 0.325 bits per heavy atom. The van der Waals surface area contributed by atoms with Crippen LogP contribution in [0.2, 0.25) is 0 Å². The second kappa shape index (κ2) is 56.6. The van der Waals surface area contributed by atoms with E-state index in [1.165, 1.54) is 128 Å². The number of rotatable bonds is 63. The zero-order chi connectivity index (χ0) is 61.5. The standard InChI is InChI=1S/C64H124O17P2/c1-7-9-11-13-14-15-18-24-30-36-42-48-63(68)80-59(52-74-61(66)46-40-32-12-10-8-2)54-78-82(70,71)76-50-58(65)51-77-83(72,73)79-55-60(53-75-62(67)47-41-35-29-26-21-23-28-34-39-45-57(5)6)81-64(69)49-43-37-31-25-20-17-16-19-22-27-33-38-44-56(3)4/h56-60,65H,7-55H2,1-6H3,(H,70,71)(H,72,73)/t58-,59+,60+/m0/s1. The van der Waals surface area contributed by atoms with Crippen LogP contribution >= 0.6 is 15.6 Å². The number of hydrogen-bond acceptors (Lipinski definition) is 15. The highest BCUT2D eigenvalue weighted by atomic mass is 31.2. The topological polar surface area (TPSA) is 237 Å². The molecule has 3 N–H and O–H groups in total. The van der Waals surface area contributed by atoms with Crippen molar-refractivity contribution in [3.8, 4) is 0 Å².